The van der Waals surface area contributed by atoms with E-state index in [-0.39, 0.29) is 10.8 Å². The number of benzene rings is 1. The first-order chi connectivity index (χ1) is 19.8. The largest absolute Gasteiger partial charge is 0.496 e. The molecule has 6 fully saturated rings. The smallest absolute Gasteiger partial charge is 0.224 e. The van der Waals surface area contributed by atoms with Crippen molar-refractivity contribution < 1.29 is 14.2 Å². The third kappa shape index (κ3) is 5.04. The van der Waals surface area contributed by atoms with Crippen LogP contribution in [0.4, 0.5) is 11.8 Å². The Labute approximate surface area is 243 Å². The fourth-order valence-corrected chi connectivity index (χ4v) is 8.90. The summed E-state index contributed by atoms with van der Waals surface area (Å²) in [5.41, 5.74) is 1.98. The Kier molecular flexibility index (Phi) is 6.64. The summed E-state index contributed by atoms with van der Waals surface area (Å²) in [5, 5.41) is 16.7. The fourth-order valence-electron chi connectivity index (χ4n) is 8.90. The molecule has 8 rings (SSSR count). The molecule has 1 aromatic carbocycles. The van der Waals surface area contributed by atoms with Crippen molar-refractivity contribution in [3.63, 3.8) is 0 Å². The zero-order valence-corrected chi connectivity index (χ0v) is 24.5. The molecule has 6 aliphatic rings. The molecule has 218 valence electrons. The van der Waals surface area contributed by atoms with Gasteiger partial charge >= 0.3 is 0 Å². The van der Waals surface area contributed by atoms with Crippen LogP contribution >= 0.6 is 0 Å². The minimum Gasteiger partial charge on any atom is -0.496 e. The Hall–Kier alpha value is -2.93. The molecule has 9 heteroatoms. The summed E-state index contributed by atoms with van der Waals surface area (Å²) in [6.45, 7) is 9.27. The highest BCUT2D eigenvalue weighted by atomic mass is 16.7. The number of likely N-dealkylation sites (tertiary alicyclic amines) is 1. The second-order valence-corrected chi connectivity index (χ2v) is 13.9. The van der Waals surface area contributed by atoms with E-state index >= 15 is 0 Å². The molecule has 3 heterocycles. The molecule has 2 aromatic rings. The van der Waals surface area contributed by atoms with E-state index in [2.05, 4.69) is 26.6 Å². The third-order valence-electron chi connectivity index (χ3n) is 10.5. The summed E-state index contributed by atoms with van der Waals surface area (Å²) in [6, 6.07) is 10.9. The Morgan fingerprint density at radius 2 is 1.80 bits per heavy atom. The molecular formula is C32H42N6O3. The van der Waals surface area contributed by atoms with Gasteiger partial charge in [0.25, 0.3) is 0 Å². The second kappa shape index (κ2) is 10.1. The van der Waals surface area contributed by atoms with E-state index in [1.54, 1.807) is 13.3 Å². The number of rotatable bonds is 8. The van der Waals surface area contributed by atoms with Crippen molar-refractivity contribution in [2.24, 2.45) is 28.6 Å². The van der Waals surface area contributed by atoms with Gasteiger partial charge in [-0.25, -0.2) is 4.98 Å². The molecule has 0 amide bonds. The van der Waals surface area contributed by atoms with Gasteiger partial charge in [0.05, 0.1) is 26.5 Å². The van der Waals surface area contributed by atoms with Gasteiger partial charge in [-0.05, 0) is 75.2 Å². The number of hydrogen-bond acceptors (Lipinski definition) is 9. The van der Waals surface area contributed by atoms with Crippen LogP contribution in [0.15, 0.2) is 30.5 Å². The molecular weight excluding hydrogens is 516 g/mol. The van der Waals surface area contributed by atoms with Gasteiger partial charge in [0.2, 0.25) is 5.95 Å². The lowest BCUT2D eigenvalue weighted by Gasteiger charge is -2.66. The Morgan fingerprint density at radius 3 is 2.51 bits per heavy atom. The average molecular weight is 559 g/mol. The molecule has 41 heavy (non-hydrogen) atoms. The SMILES string of the molecule is COc1ccccc1CNc1ncc(C#N)c(NCC23CC4C[C@H](C2)C(N2CC5(COC(C)(C)OC5)C2)[C@@H](C4)C3)n1. The quantitative estimate of drug-likeness (QED) is 0.479. The zero-order chi connectivity index (χ0) is 28.2. The predicted molar refractivity (Wildman–Crippen MR) is 155 cm³/mol. The van der Waals surface area contributed by atoms with Crippen molar-refractivity contribution in [3.05, 3.63) is 41.6 Å². The lowest BCUT2D eigenvalue weighted by molar-refractivity contribution is -0.312. The van der Waals surface area contributed by atoms with E-state index < -0.39 is 5.79 Å². The average Bonchev–Trinajstić information content (AvgIpc) is 2.94. The van der Waals surface area contributed by atoms with Crippen molar-refractivity contribution >= 4 is 11.8 Å². The second-order valence-electron chi connectivity index (χ2n) is 13.9. The van der Waals surface area contributed by atoms with E-state index in [1.165, 1.54) is 32.1 Å². The maximum Gasteiger partial charge on any atom is 0.224 e. The molecule has 1 aromatic heterocycles. The summed E-state index contributed by atoms with van der Waals surface area (Å²) in [6.07, 6.45) is 8.14. The van der Waals surface area contributed by atoms with Crippen LogP contribution < -0.4 is 15.4 Å². The fraction of sp³-hybridized carbons (Fsp3) is 0.656. The highest BCUT2D eigenvalue weighted by Gasteiger charge is 2.60. The summed E-state index contributed by atoms with van der Waals surface area (Å²) < 4.78 is 17.6. The van der Waals surface area contributed by atoms with Crippen LogP contribution in [0.2, 0.25) is 0 Å². The van der Waals surface area contributed by atoms with E-state index in [1.807, 2.05) is 38.1 Å². The van der Waals surface area contributed by atoms with E-state index in [4.69, 9.17) is 19.2 Å². The van der Waals surface area contributed by atoms with Gasteiger partial charge in [0, 0.05) is 43.2 Å². The van der Waals surface area contributed by atoms with Crippen LogP contribution in [-0.4, -0.2) is 66.7 Å². The van der Waals surface area contributed by atoms with Crippen molar-refractivity contribution in [3.8, 4) is 11.8 Å². The standard InChI is InChI=1S/C32H42N6O3/c1-30(2)40-19-32(20-41-30)17-38(18-32)27-23-8-21-9-24(27)12-31(10-21,11-23)16-36-28-25(13-33)15-35-29(37-28)34-14-22-6-4-5-7-26(22)39-3/h4-7,15,21,23-24,27H,8-12,14,16-20H2,1-3H3,(H2,34,35,36,37)/t21?,23-,24+,27?,31?. The number of aromatic nitrogens is 2. The summed E-state index contributed by atoms with van der Waals surface area (Å²) in [5.74, 6) is 3.83. The van der Waals surface area contributed by atoms with Crippen LogP contribution in [0.5, 0.6) is 5.75 Å². The molecule has 2 saturated heterocycles. The minimum atomic E-state index is -0.449. The molecule has 1 spiro atoms. The lowest BCUT2D eigenvalue weighted by atomic mass is 9.47. The summed E-state index contributed by atoms with van der Waals surface area (Å²) in [7, 11) is 1.67. The maximum atomic E-state index is 9.78. The van der Waals surface area contributed by atoms with Gasteiger partial charge in [-0.1, -0.05) is 18.2 Å². The molecule has 3 unspecified atom stereocenters. The van der Waals surface area contributed by atoms with Crippen LogP contribution in [-0.2, 0) is 16.0 Å². The molecule has 2 aliphatic heterocycles. The molecule has 4 saturated carbocycles. The van der Waals surface area contributed by atoms with Crippen LogP contribution in [0.1, 0.15) is 57.1 Å². The van der Waals surface area contributed by atoms with Gasteiger partial charge < -0.3 is 24.8 Å². The number of methoxy groups -OCH3 is 1. The molecule has 9 nitrogen and oxygen atoms in total. The van der Waals surface area contributed by atoms with Gasteiger partial charge in [-0.15, -0.1) is 0 Å². The number of para-hydroxylation sites is 1. The third-order valence-corrected chi connectivity index (χ3v) is 10.5. The normalized spacial score (nSPS) is 32.7. The number of nitrogens with zero attached hydrogens (tertiary/aromatic N) is 4. The number of ether oxygens (including phenoxy) is 3. The van der Waals surface area contributed by atoms with Gasteiger partial charge in [-0.3, -0.25) is 4.90 Å². The summed E-state index contributed by atoms with van der Waals surface area (Å²) in [4.78, 5) is 11.9. The number of nitrogens with one attached hydrogen (secondary N) is 2. The Morgan fingerprint density at radius 1 is 1.07 bits per heavy atom. The monoisotopic (exact) mass is 558 g/mol. The Balaban J connectivity index is 0.997. The molecule has 4 bridgehead atoms. The van der Waals surface area contributed by atoms with Gasteiger partial charge in [0.15, 0.2) is 5.79 Å². The molecule has 0 radical (unpaired) electrons. The predicted octanol–water partition coefficient (Wildman–Crippen LogP) is 4.66. The van der Waals surface area contributed by atoms with Crippen molar-refractivity contribution in [2.45, 2.75) is 64.3 Å². The van der Waals surface area contributed by atoms with E-state index in [0.29, 0.717) is 29.9 Å². The van der Waals surface area contributed by atoms with Crippen molar-refractivity contribution in [1.82, 2.24) is 14.9 Å². The van der Waals surface area contributed by atoms with Crippen LogP contribution in [0.3, 0.4) is 0 Å². The zero-order valence-electron chi connectivity index (χ0n) is 24.5. The number of anilines is 2. The van der Waals surface area contributed by atoms with Crippen LogP contribution in [0.25, 0.3) is 0 Å². The highest BCUT2D eigenvalue weighted by Crippen LogP contribution is 2.62. The number of hydrogen-bond donors (Lipinski definition) is 2. The maximum absolute atomic E-state index is 9.78. The van der Waals surface area contributed by atoms with E-state index in [0.717, 1.165) is 61.9 Å². The summed E-state index contributed by atoms with van der Waals surface area (Å²) >= 11 is 0. The Bertz CT molecular complexity index is 1310. The first kappa shape index (κ1) is 26.9. The van der Waals surface area contributed by atoms with Crippen molar-refractivity contribution in [2.75, 3.05) is 50.6 Å². The van der Waals surface area contributed by atoms with Crippen LogP contribution in [0, 0.1) is 39.9 Å². The van der Waals surface area contributed by atoms with Gasteiger partial charge in [-0.2, -0.15) is 10.2 Å². The topological polar surface area (TPSA) is 105 Å². The number of nitriles is 1. The molecule has 2 N–H and O–H groups in total. The first-order valence-electron chi connectivity index (χ1n) is 15.2. The lowest BCUT2D eigenvalue weighted by Crippen LogP contribution is -2.71. The van der Waals surface area contributed by atoms with Gasteiger partial charge in [0.1, 0.15) is 23.2 Å². The minimum absolute atomic E-state index is 0.182. The van der Waals surface area contributed by atoms with Crippen molar-refractivity contribution in [1.29, 1.82) is 5.26 Å². The molecule has 5 atom stereocenters. The van der Waals surface area contributed by atoms with E-state index in [9.17, 15) is 5.26 Å². The highest BCUT2D eigenvalue weighted by molar-refractivity contribution is 5.53. The molecule has 4 aliphatic carbocycles. The first-order valence-corrected chi connectivity index (χ1v) is 15.2.